The van der Waals surface area contributed by atoms with Gasteiger partial charge in [0.25, 0.3) is 5.91 Å². The van der Waals surface area contributed by atoms with Crippen molar-refractivity contribution in [2.24, 2.45) is 0 Å². The zero-order valence-corrected chi connectivity index (χ0v) is 20.6. The lowest BCUT2D eigenvalue weighted by molar-refractivity contribution is -0.138. The third-order valence-corrected chi connectivity index (χ3v) is 6.33. The number of allylic oxidation sites excluding steroid dienone is 1. The van der Waals surface area contributed by atoms with Crippen molar-refractivity contribution in [1.29, 1.82) is 0 Å². The van der Waals surface area contributed by atoms with Crippen LogP contribution < -0.4 is 4.90 Å². The summed E-state index contributed by atoms with van der Waals surface area (Å²) >= 11 is 0. The number of para-hydroxylation sites is 2. The molecule has 2 aromatic carbocycles. The van der Waals surface area contributed by atoms with E-state index in [1.54, 1.807) is 18.7 Å². The minimum Gasteiger partial charge on any atom is -0.462 e. The van der Waals surface area contributed by atoms with Crippen LogP contribution in [0.3, 0.4) is 0 Å². The summed E-state index contributed by atoms with van der Waals surface area (Å²) < 4.78 is 7.55. The molecule has 1 aliphatic heterocycles. The van der Waals surface area contributed by atoms with Gasteiger partial charge in [-0.25, -0.2) is 4.79 Å². The standard InChI is InChI=1S/C29H30N2O3/c1-7-34-29(33)26-22(6)31(24-14-9-8-10-15-24)28(32)25(26)17-23-16-20(4)30(21(23)5)27-18(2)12-11-13-19(27)3/h8-17H,7H2,1-6H3/b25-17-. The first kappa shape index (κ1) is 23.3. The fraction of sp³-hybridized carbons (Fsp3) is 0.241. The van der Waals surface area contributed by atoms with Crippen molar-refractivity contribution < 1.29 is 14.3 Å². The number of esters is 1. The minimum atomic E-state index is -0.485. The van der Waals surface area contributed by atoms with E-state index in [0.29, 0.717) is 16.8 Å². The molecule has 1 amide bonds. The molecular formula is C29H30N2O3. The number of hydrogen-bond acceptors (Lipinski definition) is 3. The summed E-state index contributed by atoms with van der Waals surface area (Å²) in [7, 11) is 0. The van der Waals surface area contributed by atoms with E-state index >= 15 is 0 Å². The van der Waals surface area contributed by atoms with Gasteiger partial charge >= 0.3 is 5.97 Å². The van der Waals surface area contributed by atoms with Gasteiger partial charge in [0, 0.05) is 22.8 Å². The molecular weight excluding hydrogens is 424 g/mol. The summed E-state index contributed by atoms with van der Waals surface area (Å²) in [6, 6.07) is 17.7. The van der Waals surface area contributed by atoms with Gasteiger partial charge in [-0.3, -0.25) is 9.69 Å². The fourth-order valence-corrected chi connectivity index (χ4v) is 4.76. The maximum absolute atomic E-state index is 13.6. The third-order valence-electron chi connectivity index (χ3n) is 6.33. The van der Waals surface area contributed by atoms with E-state index in [9.17, 15) is 9.59 Å². The van der Waals surface area contributed by atoms with Crippen LogP contribution in [0.4, 0.5) is 5.69 Å². The first-order valence-electron chi connectivity index (χ1n) is 11.5. The van der Waals surface area contributed by atoms with Crippen LogP contribution in [0.2, 0.25) is 0 Å². The normalized spacial score (nSPS) is 14.9. The molecule has 0 spiro atoms. The van der Waals surface area contributed by atoms with Crippen LogP contribution in [0.25, 0.3) is 11.8 Å². The molecule has 0 unspecified atom stereocenters. The first-order chi connectivity index (χ1) is 16.3. The highest BCUT2D eigenvalue weighted by Gasteiger charge is 2.38. The van der Waals surface area contributed by atoms with Gasteiger partial charge in [-0.2, -0.15) is 0 Å². The molecule has 3 aromatic rings. The van der Waals surface area contributed by atoms with Crippen LogP contribution in [-0.4, -0.2) is 23.1 Å². The summed E-state index contributed by atoms with van der Waals surface area (Å²) in [5.74, 6) is -0.717. The van der Waals surface area contributed by atoms with E-state index in [-0.39, 0.29) is 12.5 Å². The summed E-state index contributed by atoms with van der Waals surface area (Å²) in [5.41, 5.74) is 8.41. The molecule has 1 aliphatic rings. The second-order valence-corrected chi connectivity index (χ2v) is 8.62. The summed E-state index contributed by atoms with van der Waals surface area (Å²) in [6.07, 6.45) is 1.83. The molecule has 174 valence electrons. The zero-order valence-electron chi connectivity index (χ0n) is 20.6. The van der Waals surface area contributed by atoms with Crippen molar-refractivity contribution in [3.05, 3.63) is 99.5 Å². The average Bonchev–Trinajstić information content (AvgIpc) is 3.21. The van der Waals surface area contributed by atoms with Crippen LogP contribution >= 0.6 is 0 Å². The molecule has 0 fully saturated rings. The largest absolute Gasteiger partial charge is 0.462 e. The predicted octanol–water partition coefficient (Wildman–Crippen LogP) is 5.98. The molecule has 0 saturated heterocycles. The summed E-state index contributed by atoms with van der Waals surface area (Å²) in [4.78, 5) is 28.2. The number of hydrogen-bond donors (Lipinski definition) is 0. The van der Waals surface area contributed by atoms with E-state index in [4.69, 9.17) is 4.74 Å². The molecule has 2 heterocycles. The quantitative estimate of drug-likeness (QED) is 0.352. The van der Waals surface area contributed by atoms with Crippen LogP contribution in [-0.2, 0) is 14.3 Å². The highest BCUT2D eigenvalue weighted by Crippen LogP contribution is 2.36. The van der Waals surface area contributed by atoms with Crippen molar-refractivity contribution in [2.75, 3.05) is 11.5 Å². The third kappa shape index (κ3) is 3.87. The summed E-state index contributed by atoms with van der Waals surface area (Å²) in [6.45, 7) is 12.1. The van der Waals surface area contributed by atoms with Crippen LogP contribution in [0, 0.1) is 27.7 Å². The molecule has 4 rings (SSSR count). The van der Waals surface area contributed by atoms with Gasteiger partial charge in [-0.05, 0) is 82.5 Å². The van der Waals surface area contributed by atoms with Gasteiger partial charge in [0.05, 0.1) is 23.4 Å². The van der Waals surface area contributed by atoms with E-state index in [0.717, 1.165) is 28.3 Å². The van der Waals surface area contributed by atoms with Gasteiger partial charge in [0.1, 0.15) is 0 Å². The molecule has 0 N–H and O–H groups in total. The number of aromatic nitrogens is 1. The number of carbonyl (C=O) groups is 2. The van der Waals surface area contributed by atoms with Gasteiger partial charge in [0.15, 0.2) is 0 Å². The SMILES string of the molecule is CCOC(=O)C1=C(C)N(c2ccccc2)C(=O)/C1=C\c1cc(C)n(-c2c(C)cccc2C)c1C. The van der Waals surface area contributed by atoms with E-state index in [2.05, 4.69) is 49.6 Å². The van der Waals surface area contributed by atoms with Crippen molar-refractivity contribution in [3.8, 4) is 5.69 Å². The smallest absolute Gasteiger partial charge is 0.340 e. The Bertz CT molecular complexity index is 1320. The number of aryl methyl sites for hydroxylation is 3. The Morgan fingerprint density at radius 1 is 0.941 bits per heavy atom. The highest BCUT2D eigenvalue weighted by atomic mass is 16.5. The second kappa shape index (κ2) is 9.18. The number of carbonyl (C=O) groups excluding carboxylic acids is 2. The Balaban J connectivity index is 1.88. The van der Waals surface area contributed by atoms with E-state index in [1.807, 2.05) is 43.3 Å². The monoisotopic (exact) mass is 454 g/mol. The van der Waals surface area contributed by atoms with Crippen LogP contribution in [0.5, 0.6) is 0 Å². The van der Waals surface area contributed by atoms with Crippen molar-refractivity contribution in [3.63, 3.8) is 0 Å². The molecule has 0 saturated carbocycles. The Morgan fingerprint density at radius 2 is 1.59 bits per heavy atom. The zero-order chi connectivity index (χ0) is 24.6. The predicted molar refractivity (Wildman–Crippen MR) is 136 cm³/mol. The number of amides is 1. The Kier molecular flexibility index (Phi) is 6.29. The molecule has 0 radical (unpaired) electrons. The van der Waals surface area contributed by atoms with Gasteiger partial charge < -0.3 is 9.30 Å². The topological polar surface area (TPSA) is 51.5 Å². The lowest BCUT2D eigenvalue weighted by Gasteiger charge is -2.17. The average molecular weight is 455 g/mol. The lowest BCUT2D eigenvalue weighted by Crippen LogP contribution is -2.24. The number of nitrogens with zero attached hydrogens (tertiary/aromatic N) is 2. The second-order valence-electron chi connectivity index (χ2n) is 8.62. The fourth-order valence-electron chi connectivity index (χ4n) is 4.76. The molecule has 5 nitrogen and oxygen atoms in total. The van der Waals surface area contributed by atoms with Gasteiger partial charge in [-0.15, -0.1) is 0 Å². The van der Waals surface area contributed by atoms with Crippen LogP contribution in [0.15, 0.2) is 71.4 Å². The minimum absolute atomic E-state index is 0.233. The van der Waals surface area contributed by atoms with Gasteiger partial charge in [-0.1, -0.05) is 36.4 Å². The summed E-state index contributed by atoms with van der Waals surface area (Å²) in [5, 5.41) is 0. The van der Waals surface area contributed by atoms with E-state index < -0.39 is 5.97 Å². The van der Waals surface area contributed by atoms with Gasteiger partial charge in [0.2, 0.25) is 0 Å². The molecule has 5 heteroatoms. The van der Waals surface area contributed by atoms with Crippen LogP contribution in [0.1, 0.15) is 41.9 Å². The Hall–Kier alpha value is -3.86. The lowest BCUT2D eigenvalue weighted by atomic mass is 10.0. The Morgan fingerprint density at radius 3 is 2.21 bits per heavy atom. The highest BCUT2D eigenvalue weighted by molar-refractivity contribution is 6.23. The number of ether oxygens (including phenoxy) is 1. The molecule has 34 heavy (non-hydrogen) atoms. The van der Waals surface area contributed by atoms with Crippen molar-refractivity contribution in [1.82, 2.24) is 4.57 Å². The van der Waals surface area contributed by atoms with E-state index in [1.165, 1.54) is 11.1 Å². The molecule has 1 aromatic heterocycles. The number of rotatable bonds is 5. The molecule has 0 aliphatic carbocycles. The maximum atomic E-state index is 13.6. The van der Waals surface area contributed by atoms with Crippen molar-refractivity contribution in [2.45, 2.75) is 41.5 Å². The molecule has 0 atom stereocenters. The number of benzene rings is 2. The Labute approximate surface area is 201 Å². The first-order valence-corrected chi connectivity index (χ1v) is 11.5. The van der Waals surface area contributed by atoms with Crippen molar-refractivity contribution >= 4 is 23.6 Å². The number of anilines is 1. The molecule has 0 bridgehead atoms. The maximum Gasteiger partial charge on any atom is 0.340 e.